The van der Waals surface area contributed by atoms with E-state index in [0.29, 0.717) is 39.1 Å². The van der Waals surface area contributed by atoms with Gasteiger partial charge in [0.05, 0.1) is 5.41 Å². The van der Waals surface area contributed by atoms with Crippen LogP contribution < -0.4 is 16.4 Å². The van der Waals surface area contributed by atoms with Crippen LogP contribution in [-0.2, 0) is 20.7 Å². The summed E-state index contributed by atoms with van der Waals surface area (Å²) in [4.78, 5) is 23.4. The van der Waals surface area contributed by atoms with E-state index in [0.717, 1.165) is 17.7 Å². The Hall–Kier alpha value is -1.92. The smallest absolute Gasteiger partial charge is 0.227 e. The number of hydrogen-bond acceptors (Lipinski definition) is 4. The molecule has 1 aromatic rings. The van der Waals surface area contributed by atoms with Crippen molar-refractivity contribution in [2.24, 2.45) is 11.1 Å². The Balaban J connectivity index is 1.81. The number of anilines is 1. The summed E-state index contributed by atoms with van der Waals surface area (Å²) in [6, 6.07) is 7.62. The molecule has 1 aromatic carbocycles. The topological polar surface area (TPSA) is 93.5 Å². The molecule has 6 heteroatoms. The summed E-state index contributed by atoms with van der Waals surface area (Å²) >= 11 is 0. The van der Waals surface area contributed by atoms with Crippen molar-refractivity contribution in [1.29, 1.82) is 0 Å². The highest BCUT2D eigenvalue weighted by Crippen LogP contribution is 2.29. The number of nitrogens with two attached hydrogens (primary N) is 1. The largest absolute Gasteiger partial charge is 0.381 e. The van der Waals surface area contributed by atoms with E-state index in [1.54, 1.807) is 0 Å². The van der Waals surface area contributed by atoms with Gasteiger partial charge in [-0.25, -0.2) is 0 Å². The van der Waals surface area contributed by atoms with Gasteiger partial charge in [-0.15, -0.1) is 0 Å². The number of carbonyl (C=O) groups excluding carboxylic acids is 2. The number of ether oxygens (including phenoxy) is 1. The molecule has 0 unspecified atom stereocenters. The van der Waals surface area contributed by atoms with Crippen LogP contribution in [0.2, 0.25) is 0 Å². The predicted octanol–water partition coefficient (Wildman–Crippen LogP) is 1.06. The minimum atomic E-state index is -0.479. The van der Waals surface area contributed by atoms with Crippen LogP contribution in [0.1, 0.15) is 25.3 Å². The van der Waals surface area contributed by atoms with E-state index >= 15 is 0 Å². The van der Waals surface area contributed by atoms with Gasteiger partial charge in [-0.1, -0.05) is 12.1 Å². The van der Waals surface area contributed by atoms with Crippen LogP contribution >= 0.6 is 0 Å². The lowest BCUT2D eigenvalue weighted by Gasteiger charge is -2.34. The molecule has 1 aliphatic rings. The van der Waals surface area contributed by atoms with Crippen LogP contribution in [-0.4, -0.2) is 38.1 Å². The number of nitrogens with one attached hydrogen (secondary N) is 2. The van der Waals surface area contributed by atoms with Gasteiger partial charge in [0.1, 0.15) is 0 Å². The molecule has 0 aliphatic carbocycles. The van der Waals surface area contributed by atoms with Crippen molar-refractivity contribution in [3.63, 3.8) is 0 Å². The molecule has 2 amide bonds. The molecule has 1 heterocycles. The van der Waals surface area contributed by atoms with E-state index in [2.05, 4.69) is 10.6 Å². The van der Waals surface area contributed by atoms with Gasteiger partial charge in [0.2, 0.25) is 11.8 Å². The Labute approximate surface area is 136 Å². The molecule has 0 aromatic heterocycles. The number of amides is 2. The van der Waals surface area contributed by atoms with Crippen molar-refractivity contribution < 1.29 is 14.3 Å². The van der Waals surface area contributed by atoms with Crippen molar-refractivity contribution in [3.8, 4) is 0 Å². The summed E-state index contributed by atoms with van der Waals surface area (Å²) in [5.41, 5.74) is 7.23. The van der Waals surface area contributed by atoms with Crippen molar-refractivity contribution in [1.82, 2.24) is 5.32 Å². The van der Waals surface area contributed by atoms with Crippen LogP contribution in [0.3, 0.4) is 0 Å². The summed E-state index contributed by atoms with van der Waals surface area (Å²) < 4.78 is 5.32. The number of carbonyl (C=O) groups is 2. The van der Waals surface area contributed by atoms with Crippen LogP contribution in [0.25, 0.3) is 0 Å². The molecule has 1 aliphatic heterocycles. The summed E-state index contributed by atoms with van der Waals surface area (Å²) in [6.45, 7) is 3.59. The Morgan fingerprint density at radius 3 is 2.43 bits per heavy atom. The quantitative estimate of drug-likeness (QED) is 0.731. The maximum atomic E-state index is 12.4. The minimum absolute atomic E-state index is 0.0261. The fourth-order valence-corrected chi connectivity index (χ4v) is 2.75. The second-order valence-electron chi connectivity index (χ2n) is 5.98. The first-order chi connectivity index (χ1) is 11.1. The van der Waals surface area contributed by atoms with Crippen LogP contribution in [0, 0.1) is 5.41 Å². The first-order valence-electron chi connectivity index (χ1n) is 7.98. The van der Waals surface area contributed by atoms with Crippen LogP contribution in [0.15, 0.2) is 24.3 Å². The fraction of sp³-hybridized carbons (Fsp3) is 0.529. The molecule has 4 N–H and O–H groups in total. The molecule has 2 rings (SSSR count). The lowest BCUT2D eigenvalue weighted by atomic mass is 9.79. The molecule has 0 saturated carbocycles. The zero-order valence-electron chi connectivity index (χ0n) is 13.6. The van der Waals surface area contributed by atoms with Gasteiger partial charge < -0.3 is 21.1 Å². The first-order valence-corrected chi connectivity index (χ1v) is 7.98. The first kappa shape index (κ1) is 17.4. The van der Waals surface area contributed by atoms with Gasteiger partial charge in [0, 0.05) is 38.9 Å². The zero-order valence-corrected chi connectivity index (χ0v) is 13.6. The highest BCUT2D eigenvalue weighted by Gasteiger charge is 2.38. The standard InChI is InChI=1S/C17H25N3O3/c1-13(21)20-15-4-2-14(3-5-15)6-9-19-16(22)17(12-18)7-10-23-11-8-17/h2-5H,6-12,18H2,1H3,(H,19,22)(H,20,21). The maximum Gasteiger partial charge on any atom is 0.227 e. The second-order valence-corrected chi connectivity index (χ2v) is 5.98. The van der Waals surface area contributed by atoms with Crippen LogP contribution in [0.4, 0.5) is 5.69 Å². The lowest BCUT2D eigenvalue weighted by Crippen LogP contribution is -2.49. The Kier molecular flexibility index (Phi) is 6.12. The third-order valence-electron chi connectivity index (χ3n) is 4.30. The molecule has 126 valence electrons. The van der Waals surface area contributed by atoms with Gasteiger partial charge in [-0.3, -0.25) is 9.59 Å². The van der Waals surface area contributed by atoms with Gasteiger partial charge in [-0.05, 0) is 37.0 Å². The lowest BCUT2D eigenvalue weighted by molar-refractivity contribution is -0.135. The second kappa shape index (κ2) is 8.08. The van der Waals surface area contributed by atoms with Gasteiger partial charge in [0.15, 0.2) is 0 Å². The van der Waals surface area contributed by atoms with E-state index in [-0.39, 0.29) is 11.8 Å². The Morgan fingerprint density at radius 1 is 1.22 bits per heavy atom. The zero-order chi connectivity index (χ0) is 16.7. The van der Waals surface area contributed by atoms with E-state index in [9.17, 15) is 9.59 Å². The van der Waals surface area contributed by atoms with Crippen molar-refractivity contribution in [2.45, 2.75) is 26.2 Å². The molecule has 0 atom stereocenters. The number of benzene rings is 1. The molecular weight excluding hydrogens is 294 g/mol. The SMILES string of the molecule is CC(=O)Nc1ccc(CCNC(=O)C2(CN)CCOCC2)cc1. The van der Waals surface area contributed by atoms with Crippen molar-refractivity contribution in [3.05, 3.63) is 29.8 Å². The molecule has 1 saturated heterocycles. The molecule has 0 radical (unpaired) electrons. The normalized spacial score (nSPS) is 16.6. The molecule has 1 fully saturated rings. The van der Waals surface area contributed by atoms with Crippen LogP contribution in [0.5, 0.6) is 0 Å². The van der Waals surface area contributed by atoms with Gasteiger partial charge in [-0.2, -0.15) is 0 Å². The predicted molar refractivity (Wildman–Crippen MR) is 89.0 cm³/mol. The van der Waals surface area contributed by atoms with E-state index < -0.39 is 5.41 Å². The average Bonchev–Trinajstić information content (AvgIpc) is 2.56. The molecular formula is C17H25N3O3. The van der Waals surface area contributed by atoms with E-state index in [1.165, 1.54) is 6.92 Å². The maximum absolute atomic E-state index is 12.4. The fourth-order valence-electron chi connectivity index (χ4n) is 2.75. The van der Waals surface area contributed by atoms with Crippen molar-refractivity contribution in [2.75, 3.05) is 31.6 Å². The highest BCUT2D eigenvalue weighted by molar-refractivity contribution is 5.88. The molecule has 0 bridgehead atoms. The summed E-state index contributed by atoms with van der Waals surface area (Å²) in [6.07, 6.45) is 2.10. The average molecular weight is 319 g/mol. The third kappa shape index (κ3) is 4.77. The molecule has 0 spiro atoms. The summed E-state index contributed by atoms with van der Waals surface area (Å²) in [5.74, 6) is -0.0632. The summed E-state index contributed by atoms with van der Waals surface area (Å²) in [5, 5.41) is 5.72. The van der Waals surface area contributed by atoms with Gasteiger partial charge in [0.25, 0.3) is 0 Å². The Bertz CT molecular complexity index is 537. The Morgan fingerprint density at radius 2 is 1.87 bits per heavy atom. The molecule has 23 heavy (non-hydrogen) atoms. The van der Waals surface area contributed by atoms with Crippen molar-refractivity contribution >= 4 is 17.5 Å². The van der Waals surface area contributed by atoms with Gasteiger partial charge >= 0.3 is 0 Å². The molecule has 6 nitrogen and oxygen atoms in total. The third-order valence-corrected chi connectivity index (χ3v) is 4.30. The highest BCUT2D eigenvalue weighted by atomic mass is 16.5. The van der Waals surface area contributed by atoms with E-state index in [1.807, 2.05) is 24.3 Å². The minimum Gasteiger partial charge on any atom is -0.381 e. The van der Waals surface area contributed by atoms with E-state index in [4.69, 9.17) is 10.5 Å². The number of hydrogen-bond donors (Lipinski definition) is 3. The summed E-state index contributed by atoms with van der Waals surface area (Å²) in [7, 11) is 0. The monoisotopic (exact) mass is 319 g/mol. The number of rotatable bonds is 6.